The maximum Gasteiger partial charge on any atom is 0.459 e. The number of halogens is 5. The highest BCUT2D eigenvalue weighted by Crippen LogP contribution is 2.37. The summed E-state index contributed by atoms with van der Waals surface area (Å²) >= 11 is 0. The van der Waals surface area contributed by atoms with E-state index < -0.39 is 36.1 Å². The van der Waals surface area contributed by atoms with Crippen LogP contribution >= 0.6 is 0 Å². The predicted molar refractivity (Wildman–Crippen MR) is 58.1 cm³/mol. The summed E-state index contributed by atoms with van der Waals surface area (Å²) < 4.78 is 67.6. The van der Waals surface area contributed by atoms with E-state index in [0.29, 0.717) is 0 Å². The van der Waals surface area contributed by atoms with Crippen LogP contribution in [0.25, 0.3) is 0 Å². The third-order valence-electron chi connectivity index (χ3n) is 2.06. The van der Waals surface area contributed by atoms with E-state index in [2.05, 4.69) is 9.84 Å². The smallest absolute Gasteiger partial charge is 0.459 e. The molecule has 0 saturated carbocycles. The van der Waals surface area contributed by atoms with E-state index in [1.807, 2.05) is 0 Å². The monoisotopic (exact) mass is 304 g/mol. The molecule has 0 aromatic rings. The maximum absolute atomic E-state index is 13.2. The summed E-state index contributed by atoms with van der Waals surface area (Å²) in [5.74, 6) is -7.51. The molecule has 0 aromatic carbocycles. The number of carbonyl (C=O) groups is 2. The fourth-order valence-corrected chi connectivity index (χ4v) is 0.973. The van der Waals surface area contributed by atoms with Gasteiger partial charge >= 0.3 is 18.1 Å². The van der Waals surface area contributed by atoms with Crippen LogP contribution in [0.2, 0.25) is 0 Å². The largest absolute Gasteiger partial charge is 0.466 e. The lowest BCUT2D eigenvalue weighted by Crippen LogP contribution is -2.46. The Morgan fingerprint density at radius 2 is 1.70 bits per heavy atom. The zero-order chi connectivity index (χ0) is 16.1. The van der Waals surface area contributed by atoms with Gasteiger partial charge in [-0.3, -0.25) is 9.59 Å². The number of alkyl halides is 5. The SMILES string of the molecule is CCOC(=O)C/C(=N\N(C)C(C)=O)C(F)(F)C(F)(F)F. The molecule has 0 rings (SSSR count). The summed E-state index contributed by atoms with van der Waals surface area (Å²) in [6.07, 6.45) is -7.31. The summed E-state index contributed by atoms with van der Waals surface area (Å²) in [7, 11) is 0.889. The van der Waals surface area contributed by atoms with E-state index in [-0.39, 0.29) is 11.6 Å². The van der Waals surface area contributed by atoms with Crippen LogP contribution in [0.3, 0.4) is 0 Å². The van der Waals surface area contributed by atoms with Crippen molar-refractivity contribution in [3.05, 3.63) is 0 Å². The Bertz CT molecular complexity index is 406. The number of hydrogen-bond acceptors (Lipinski definition) is 4. The van der Waals surface area contributed by atoms with E-state index in [0.717, 1.165) is 14.0 Å². The Morgan fingerprint density at radius 3 is 2.05 bits per heavy atom. The second-order valence-electron chi connectivity index (χ2n) is 3.64. The molecule has 5 nitrogen and oxygen atoms in total. The normalized spacial score (nSPS) is 13.1. The molecular formula is C10H13F5N2O3. The summed E-state index contributed by atoms with van der Waals surface area (Å²) in [6, 6.07) is 0. The molecule has 116 valence electrons. The molecule has 0 heterocycles. The van der Waals surface area contributed by atoms with Crippen molar-refractivity contribution in [2.45, 2.75) is 32.4 Å². The lowest BCUT2D eigenvalue weighted by molar-refractivity contribution is -0.250. The van der Waals surface area contributed by atoms with Gasteiger partial charge in [-0.1, -0.05) is 0 Å². The molecule has 0 atom stereocenters. The molecule has 0 aliphatic rings. The number of hydrazone groups is 1. The minimum absolute atomic E-state index is 0.188. The Hall–Kier alpha value is -1.74. The van der Waals surface area contributed by atoms with E-state index in [4.69, 9.17) is 0 Å². The van der Waals surface area contributed by atoms with Gasteiger partial charge in [0, 0.05) is 14.0 Å². The third kappa shape index (κ3) is 4.74. The summed E-state index contributed by atoms with van der Waals surface area (Å²) in [5, 5.41) is 3.15. The van der Waals surface area contributed by atoms with Crippen LogP contribution in [0.4, 0.5) is 22.0 Å². The van der Waals surface area contributed by atoms with Crippen molar-refractivity contribution in [3.63, 3.8) is 0 Å². The van der Waals surface area contributed by atoms with E-state index in [1.165, 1.54) is 6.92 Å². The first-order chi connectivity index (χ1) is 8.93. The van der Waals surface area contributed by atoms with Crippen molar-refractivity contribution in [2.24, 2.45) is 5.10 Å². The van der Waals surface area contributed by atoms with Gasteiger partial charge in [-0.05, 0) is 6.92 Å². The molecule has 10 heteroatoms. The Kier molecular flexibility index (Phi) is 6.04. The van der Waals surface area contributed by atoms with Gasteiger partial charge in [0.25, 0.3) is 0 Å². The van der Waals surface area contributed by atoms with Crippen LogP contribution in [-0.4, -0.2) is 48.4 Å². The molecule has 0 aliphatic heterocycles. The van der Waals surface area contributed by atoms with Crippen molar-refractivity contribution in [1.82, 2.24) is 5.01 Å². The highest BCUT2D eigenvalue weighted by atomic mass is 19.4. The number of carbonyl (C=O) groups excluding carboxylic acids is 2. The lowest BCUT2D eigenvalue weighted by atomic mass is 10.1. The third-order valence-corrected chi connectivity index (χ3v) is 2.06. The van der Waals surface area contributed by atoms with Crippen molar-refractivity contribution in [3.8, 4) is 0 Å². The van der Waals surface area contributed by atoms with E-state index in [1.54, 1.807) is 0 Å². The average Bonchev–Trinajstić information content (AvgIpc) is 2.26. The number of nitrogens with zero attached hydrogens (tertiary/aromatic N) is 2. The summed E-state index contributed by atoms with van der Waals surface area (Å²) in [6.45, 7) is 2.09. The fourth-order valence-electron chi connectivity index (χ4n) is 0.973. The lowest BCUT2D eigenvalue weighted by Gasteiger charge is -2.22. The van der Waals surface area contributed by atoms with E-state index in [9.17, 15) is 31.5 Å². The van der Waals surface area contributed by atoms with Crippen LogP contribution in [0, 0.1) is 0 Å². The number of amides is 1. The molecule has 0 unspecified atom stereocenters. The maximum atomic E-state index is 13.2. The van der Waals surface area contributed by atoms with Crippen LogP contribution in [0.1, 0.15) is 20.3 Å². The molecule has 0 N–H and O–H groups in total. The van der Waals surface area contributed by atoms with Crippen molar-refractivity contribution in [1.29, 1.82) is 0 Å². The molecule has 0 fully saturated rings. The van der Waals surface area contributed by atoms with Gasteiger partial charge in [0.2, 0.25) is 5.91 Å². The molecule has 0 saturated heterocycles. The van der Waals surface area contributed by atoms with Crippen LogP contribution in [-0.2, 0) is 14.3 Å². The number of hydrogen-bond donors (Lipinski definition) is 0. The Morgan fingerprint density at radius 1 is 1.20 bits per heavy atom. The zero-order valence-corrected chi connectivity index (χ0v) is 10.9. The molecule has 0 aromatic heterocycles. The van der Waals surface area contributed by atoms with E-state index >= 15 is 0 Å². The van der Waals surface area contributed by atoms with Crippen LogP contribution in [0.5, 0.6) is 0 Å². The Balaban J connectivity index is 5.48. The van der Waals surface area contributed by atoms with Crippen LogP contribution < -0.4 is 0 Å². The molecular weight excluding hydrogens is 291 g/mol. The molecule has 0 aliphatic carbocycles. The topological polar surface area (TPSA) is 59.0 Å². The number of rotatable bonds is 5. The molecule has 1 amide bonds. The van der Waals surface area contributed by atoms with Crippen molar-refractivity contribution in [2.75, 3.05) is 13.7 Å². The van der Waals surface area contributed by atoms with Gasteiger partial charge in [0.15, 0.2) is 0 Å². The van der Waals surface area contributed by atoms with Crippen LogP contribution in [0.15, 0.2) is 5.10 Å². The van der Waals surface area contributed by atoms with Gasteiger partial charge in [-0.2, -0.15) is 27.1 Å². The summed E-state index contributed by atoms with van der Waals surface area (Å²) in [5.41, 5.74) is -1.80. The number of ether oxygens (including phenoxy) is 1. The van der Waals surface area contributed by atoms with Gasteiger partial charge in [0.05, 0.1) is 13.0 Å². The second kappa shape index (κ2) is 6.62. The first kappa shape index (κ1) is 18.3. The van der Waals surface area contributed by atoms with Gasteiger partial charge in [0.1, 0.15) is 5.71 Å². The summed E-state index contributed by atoms with van der Waals surface area (Å²) in [4.78, 5) is 21.9. The molecule has 0 spiro atoms. The first-order valence-corrected chi connectivity index (χ1v) is 5.35. The molecule has 0 bridgehead atoms. The average molecular weight is 304 g/mol. The van der Waals surface area contributed by atoms with Crippen molar-refractivity contribution < 1.29 is 36.3 Å². The Labute approximate surface area is 111 Å². The highest BCUT2D eigenvalue weighted by molar-refractivity contribution is 6.03. The standard InChI is InChI=1S/C10H13F5N2O3/c1-4-20-8(19)5-7(16-17(3)6(2)18)9(11,12)10(13,14)15/h4-5H2,1-3H3/b16-7+. The number of esters is 1. The zero-order valence-electron chi connectivity index (χ0n) is 10.9. The van der Waals surface area contributed by atoms with Crippen molar-refractivity contribution >= 4 is 17.6 Å². The quantitative estimate of drug-likeness (QED) is 0.338. The molecule has 0 radical (unpaired) electrons. The predicted octanol–water partition coefficient (Wildman–Crippen LogP) is 1.97. The molecule has 20 heavy (non-hydrogen) atoms. The van der Waals surface area contributed by atoms with Gasteiger partial charge < -0.3 is 4.74 Å². The minimum Gasteiger partial charge on any atom is -0.466 e. The van der Waals surface area contributed by atoms with Gasteiger partial charge in [-0.15, -0.1) is 0 Å². The first-order valence-electron chi connectivity index (χ1n) is 5.35. The second-order valence-corrected chi connectivity index (χ2v) is 3.64. The fraction of sp³-hybridized carbons (Fsp3) is 0.700. The minimum atomic E-state index is -5.93. The highest BCUT2D eigenvalue weighted by Gasteiger charge is 2.61. The van der Waals surface area contributed by atoms with Gasteiger partial charge in [-0.25, -0.2) is 5.01 Å².